The Morgan fingerprint density at radius 2 is 1.52 bits per heavy atom. The van der Waals surface area contributed by atoms with Crippen LogP contribution in [-0.2, 0) is 25.6 Å². The number of aliphatic hydroxyl groups excluding tert-OH is 1. The van der Waals surface area contributed by atoms with E-state index in [9.17, 15) is 29.4 Å². The number of aromatic hydroxyl groups is 1. The zero-order valence-corrected chi connectivity index (χ0v) is 17.7. The standard InChI is InChI=1S/C20H30N4O7/c1-10(2)16(20(30)31)24-17(27)11(3)22-19(29)15(23-18(28)14(21)9-25)8-12-4-6-13(26)7-5-12/h4-7,10-11,14-16,25-26H,8-9,21H2,1-3H3,(H,22,29)(H,23,28)(H,24,27)(H,30,31). The van der Waals surface area contributed by atoms with Crippen LogP contribution in [0.2, 0.25) is 0 Å². The van der Waals surface area contributed by atoms with Gasteiger partial charge in [0.2, 0.25) is 17.7 Å². The molecule has 0 radical (unpaired) electrons. The van der Waals surface area contributed by atoms with Gasteiger partial charge in [0.15, 0.2) is 0 Å². The molecule has 8 N–H and O–H groups in total. The molecule has 0 heterocycles. The molecule has 0 fully saturated rings. The maximum absolute atomic E-state index is 12.8. The number of carboxylic acid groups (broad SMARTS) is 1. The van der Waals surface area contributed by atoms with E-state index in [1.807, 2.05) is 0 Å². The number of amides is 3. The highest BCUT2D eigenvalue weighted by molar-refractivity contribution is 5.94. The molecule has 11 nitrogen and oxygen atoms in total. The van der Waals surface area contributed by atoms with E-state index in [1.54, 1.807) is 26.0 Å². The van der Waals surface area contributed by atoms with E-state index in [0.29, 0.717) is 5.56 Å². The van der Waals surface area contributed by atoms with Crippen molar-refractivity contribution in [1.29, 1.82) is 0 Å². The van der Waals surface area contributed by atoms with Crippen molar-refractivity contribution >= 4 is 23.7 Å². The van der Waals surface area contributed by atoms with Gasteiger partial charge in [0.05, 0.1) is 6.61 Å². The number of benzene rings is 1. The van der Waals surface area contributed by atoms with Crippen molar-refractivity contribution in [2.75, 3.05) is 6.61 Å². The zero-order valence-electron chi connectivity index (χ0n) is 17.7. The van der Waals surface area contributed by atoms with Crippen molar-refractivity contribution < 1.29 is 34.5 Å². The number of hydrogen-bond donors (Lipinski definition) is 7. The van der Waals surface area contributed by atoms with Gasteiger partial charge in [-0.3, -0.25) is 14.4 Å². The van der Waals surface area contributed by atoms with Crippen LogP contribution in [0.3, 0.4) is 0 Å². The Morgan fingerprint density at radius 3 is 2.00 bits per heavy atom. The van der Waals surface area contributed by atoms with Crippen LogP contribution < -0.4 is 21.7 Å². The lowest BCUT2D eigenvalue weighted by atomic mass is 10.0. The van der Waals surface area contributed by atoms with Crippen molar-refractivity contribution in [2.24, 2.45) is 11.7 Å². The number of aliphatic hydroxyl groups is 1. The summed E-state index contributed by atoms with van der Waals surface area (Å²) in [6.07, 6.45) is 0.0219. The van der Waals surface area contributed by atoms with E-state index in [-0.39, 0.29) is 18.1 Å². The molecule has 1 aromatic rings. The topological polar surface area (TPSA) is 191 Å². The molecule has 0 aliphatic carbocycles. The molecule has 0 aliphatic rings. The van der Waals surface area contributed by atoms with Gasteiger partial charge < -0.3 is 37.0 Å². The fraction of sp³-hybridized carbons (Fsp3) is 0.500. The highest BCUT2D eigenvalue weighted by atomic mass is 16.4. The largest absolute Gasteiger partial charge is 0.508 e. The second-order valence-electron chi connectivity index (χ2n) is 7.52. The third kappa shape index (κ3) is 8.22. The Balaban J connectivity index is 2.91. The molecule has 0 saturated carbocycles. The molecule has 0 spiro atoms. The number of phenolic OH excluding ortho intramolecular Hbond substituents is 1. The highest BCUT2D eigenvalue weighted by Crippen LogP contribution is 2.12. The van der Waals surface area contributed by atoms with Gasteiger partial charge in [0.1, 0.15) is 29.9 Å². The molecule has 3 amide bonds. The summed E-state index contributed by atoms with van der Waals surface area (Å²) >= 11 is 0. The first-order valence-electron chi connectivity index (χ1n) is 9.74. The number of carboxylic acids is 1. The second-order valence-corrected chi connectivity index (χ2v) is 7.52. The van der Waals surface area contributed by atoms with Crippen LogP contribution >= 0.6 is 0 Å². The van der Waals surface area contributed by atoms with E-state index >= 15 is 0 Å². The number of carbonyl (C=O) groups is 4. The Morgan fingerprint density at radius 1 is 0.935 bits per heavy atom. The predicted octanol–water partition coefficient (Wildman–Crippen LogP) is -1.53. The molecule has 31 heavy (non-hydrogen) atoms. The third-order valence-electron chi connectivity index (χ3n) is 4.53. The van der Waals surface area contributed by atoms with Gasteiger partial charge in [-0.05, 0) is 30.5 Å². The summed E-state index contributed by atoms with van der Waals surface area (Å²) in [6.45, 7) is 4.03. The number of nitrogens with one attached hydrogen (secondary N) is 3. The minimum Gasteiger partial charge on any atom is -0.508 e. The average Bonchev–Trinajstić information content (AvgIpc) is 2.71. The van der Waals surface area contributed by atoms with E-state index in [1.165, 1.54) is 19.1 Å². The van der Waals surface area contributed by atoms with Crippen molar-refractivity contribution in [3.05, 3.63) is 29.8 Å². The average molecular weight is 438 g/mol. The Kier molecular flexibility index (Phi) is 9.90. The third-order valence-corrected chi connectivity index (χ3v) is 4.53. The lowest BCUT2D eigenvalue weighted by Gasteiger charge is -2.24. The lowest BCUT2D eigenvalue weighted by Crippen LogP contribution is -2.57. The summed E-state index contributed by atoms with van der Waals surface area (Å²) in [5, 5.41) is 34.9. The fourth-order valence-electron chi connectivity index (χ4n) is 2.61. The van der Waals surface area contributed by atoms with Crippen LogP contribution in [0.1, 0.15) is 26.3 Å². The smallest absolute Gasteiger partial charge is 0.326 e. The van der Waals surface area contributed by atoms with Gasteiger partial charge in [0, 0.05) is 6.42 Å². The van der Waals surface area contributed by atoms with Crippen LogP contribution in [-0.4, -0.2) is 69.8 Å². The maximum Gasteiger partial charge on any atom is 0.326 e. The highest BCUT2D eigenvalue weighted by Gasteiger charge is 2.29. The monoisotopic (exact) mass is 438 g/mol. The predicted molar refractivity (Wildman–Crippen MR) is 111 cm³/mol. The summed E-state index contributed by atoms with van der Waals surface area (Å²) < 4.78 is 0. The molecule has 0 saturated heterocycles. The van der Waals surface area contributed by atoms with Crippen LogP contribution in [0, 0.1) is 5.92 Å². The fourth-order valence-corrected chi connectivity index (χ4v) is 2.61. The Bertz CT molecular complexity index is 782. The molecule has 1 rings (SSSR count). The Labute approximate surface area is 180 Å². The number of phenols is 1. The normalized spacial score (nSPS) is 14.8. The van der Waals surface area contributed by atoms with Crippen molar-refractivity contribution in [1.82, 2.24) is 16.0 Å². The summed E-state index contributed by atoms with van der Waals surface area (Å²) in [7, 11) is 0. The van der Waals surface area contributed by atoms with E-state index in [2.05, 4.69) is 16.0 Å². The molecule has 0 aromatic heterocycles. The number of nitrogens with two attached hydrogens (primary N) is 1. The molecular weight excluding hydrogens is 408 g/mol. The molecule has 172 valence electrons. The summed E-state index contributed by atoms with van der Waals surface area (Å²) in [5.74, 6) is -3.70. The van der Waals surface area contributed by atoms with Gasteiger partial charge >= 0.3 is 5.97 Å². The van der Waals surface area contributed by atoms with Crippen LogP contribution in [0.15, 0.2) is 24.3 Å². The van der Waals surface area contributed by atoms with Gasteiger partial charge in [-0.1, -0.05) is 26.0 Å². The van der Waals surface area contributed by atoms with Gasteiger partial charge in [0.25, 0.3) is 0 Å². The second kappa shape index (κ2) is 11.9. The molecule has 0 aliphatic heterocycles. The van der Waals surface area contributed by atoms with E-state index in [0.717, 1.165) is 0 Å². The van der Waals surface area contributed by atoms with Crippen LogP contribution in [0.4, 0.5) is 0 Å². The molecule has 4 unspecified atom stereocenters. The minimum atomic E-state index is -1.24. The Hall–Kier alpha value is -3.18. The van der Waals surface area contributed by atoms with Gasteiger partial charge in [-0.15, -0.1) is 0 Å². The zero-order chi connectivity index (χ0) is 23.7. The molecule has 11 heteroatoms. The minimum absolute atomic E-state index is 0.0219. The first kappa shape index (κ1) is 25.9. The molecule has 4 atom stereocenters. The number of hydrogen-bond acceptors (Lipinski definition) is 7. The molecular formula is C20H30N4O7. The number of rotatable bonds is 11. The summed E-state index contributed by atoms with van der Waals surface area (Å²) in [5.41, 5.74) is 6.10. The lowest BCUT2D eigenvalue weighted by molar-refractivity contribution is -0.143. The van der Waals surface area contributed by atoms with E-state index < -0.39 is 54.5 Å². The van der Waals surface area contributed by atoms with Gasteiger partial charge in [-0.25, -0.2) is 4.79 Å². The molecule has 1 aromatic carbocycles. The van der Waals surface area contributed by atoms with Gasteiger partial charge in [-0.2, -0.15) is 0 Å². The first-order valence-corrected chi connectivity index (χ1v) is 9.74. The van der Waals surface area contributed by atoms with Crippen molar-refractivity contribution in [2.45, 2.75) is 51.4 Å². The van der Waals surface area contributed by atoms with E-state index in [4.69, 9.17) is 10.8 Å². The first-order chi connectivity index (χ1) is 14.5. The quantitative estimate of drug-likeness (QED) is 0.216. The maximum atomic E-state index is 12.8. The number of carbonyl (C=O) groups excluding carboxylic acids is 3. The SMILES string of the molecule is CC(NC(=O)C(Cc1ccc(O)cc1)NC(=O)C(N)CO)C(=O)NC(C(=O)O)C(C)C. The van der Waals surface area contributed by atoms with Crippen molar-refractivity contribution in [3.63, 3.8) is 0 Å². The number of aliphatic carboxylic acids is 1. The summed E-state index contributed by atoms with van der Waals surface area (Å²) in [6, 6.07) is 1.37. The summed E-state index contributed by atoms with van der Waals surface area (Å²) in [4.78, 5) is 48.4. The van der Waals surface area contributed by atoms with Crippen LogP contribution in [0.25, 0.3) is 0 Å². The molecule has 0 bridgehead atoms. The van der Waals surface area contributed by atoms with Crippen molar-refractivity contribution in [3.8, 4) is 5.75 Å². The van der Waals surface area contributed by atoms with Crippen LogP contribution in [0.5, 0.6) is 5.75 Å².